The number of fused-ring (bicyclic) bond motifs is 1. The van der Waals surface area contributed by atoms with Crippen LogP contribution in [0.2, 0.25) is 10.0 Å². The third-order valence-corrected chi connectivity index (χ3v) is 7.60. The van der Waals surface area contributed by atoms with E-state index in [-0.39, 0.29) is 31.8 Å². The Balaban J connectivity index is 1.28. The highest BCUT2D eigenvalue weighted by atomic mass is 35.5. The third kappa shape index (κ3) is 7.30. The second-order valence-electron chi connectivity index (χ2n) is 9.28. The SMILES string of the molecule is O=C(NCCO)OCN1C(=O)CCc2ccc(OCCCCN3CCNCC3c3cccc(Cl)c3Cl)cc21. The minimum atomic E-state index is -0.685. The Morgan fingerprint density at radius 2 is 2.05 bits per heavy atom. The van der Waals surface area contributed by atoms with Crippen LogP contribution in [0.25, 0.3) is 0 Å². The van der Waals surface area contributed by atoms with Gasteiger partial charge in [-0.1, -0.05) is 41.4 Å². The lowest BCUT2D eigenvalue weighted by atomic mass is 10.0. The predicted octanol–water partition coefficient (Wildman–Crippen LogP) is 3.75. The number of hydrogen-bond donors (Lipinski definition) is 3. The van der Waals surface area contributed by atoms with Crippen LogP contribution in [0.3, 0.4) is 0 Å². The number of anilines is 1. The molecule has 2 aliphatic heterocycles. The number of alkyl carbamates (subject to hydrolysis) is 1. The Labute approximate surface area is 233 Å². The molecule has 0 aromatic heterocycles. The zero-order valence-electron chi connectivity index (χ0n) is 21.3. The fourth-order valence-electron chi connectivity index (χ4n) is 4.79. The largest absolute Gasteiger partial charge is 0.494 e. The first-order valence-electron chi connectivity index (χ1n) is 12.9. The number of nitrogens with zero attached hydrogens (tertiary/aromatic N) is 2. The summed E-state index contributed by atoms with van der Waals surface area (Å²) in [5.41, 5.74) is 2.74. The summed E-state index contributed by atoms with van der Waals surface area (Å²) >= 11 is 12.8. The van der Waals surface area contributed by atoms with Gasteiger partial charge in [-0.15, -0.1) is 0 Å². The van der Waals surface area contributed by atoms with Crippen molar-refractivity contribution in [3.63, 3.8) is 0 Å². The number of carbonyl (C=O) groups is 2. The van der Waals surface area contributed by atoms with Crippen molar-refractivity contribution in [3.05, 3.63) is 57.6 Å². The summed E-state index contributed by atoms with van der Waals surface area (Å²) in [5.74, 6) is 0.550. The molecule has 0 aliphatic carbocycles. The second-order valence-corrected chi connectivity index (χ2v) is 10.1. The molecule has 2 aliphatic rings. The number of aryl methyl sites for hydroxylation is 1. The van der Waals surface area contributed by atoms with E-state index in [0.29, 0.717) is 40.9 Å². The van der Waals surface area contributed by atoms with Crippen molar-refractivity contribution < 1.29 is 24.2 Å². The van der Waals surface area contributed by atoms with Crippen LogP contribution in [0, 0.1) is 0 Å². The summed E-state index contributed by atoms with van der Waals surface area (Å²) in [6, 6.07) is 11.7. The molecule has 0 saturated carbocycles. The summed E-state index contributed by atoms with van der Waals surface area (Å²) in [4.78, 5) is 28.2. The molecular formula is C27H34Cl2N4O5. The Bertz CT molecular complexity index is 1120. The number of aliphatic hydroxyl groups is 1. The smallest absolute Gasteiger partial charge is 0.408 e. The molecule has 0 spiro atoms. The molecule has 0 bridgehead atoms. The number of carbonyl (C=O) groups excluding carboxylic acids is 2. The van der Waals surface area contributed by atoms with E-state index in [1.54, 1.807) is 0 Å². The van der Waals surface area contributed by atoms with Crippen molar-refractivity contribution in [1.82, 2.24) is 15.5 Å². The van der Waals surface area contributed by atoms with Crippen LogP contribution in [0.15, 0.2) is 36.4 Å². The molecule has 2 heterocycles. The van der Waals surface area contributed by atoms with Gasteiger partial charge < -0.3 is 25.2 Å². The van der Waals surface area contributed by atoms with Crippen LogP contribution in [-0.4, -0.2) is 74.7 Å². The lowest BCUT2D eigenvalue weighted by molar-refractivity contribution is -0.119. The van der Waals surface area contributed by atoms with Gasteiger partial charge in [0.1, 0.15) is 5.75 Å². The molecule has 1 unspecified atom stereocenters. The summed E-state index contributed by atoms with van der Waals surface area (Å²) in [5, 5.41) is 15.9. The van der Waals surface area contributed by atoms with Gasteiger partial charge in [-0.2, -0.15) is 0 Å². The van der Waals surface area contributed by atoms with Gasteiger partial charge in [0, 0.05) is 44.7 Å². The Hall–Kier alpha value is -2.56. The number of unbranched alkanes of at least 4 members (excludes halogenated alkanes) is 1. The fourth-order valence-corrected chi connectivity index (χ4v) is 5.22. The summed E-state index contributed by atoms with van der Waals surface area (Å²) in [6.45, 7) is 3.86. The van der Waals surface area contributed by atoms with Crippen LogP contribution in [0.1, 0.15) is 36.4 Å². The van der Waals surface area contributed by atoms with E-state index in [1.807, 2.05) is 36.4 Å². The molecule has 1 atom stereocenters. The van der Waals surface area contributed by atoms with E-state index in [9.17, 15) is 9.59 Å². The number of piperazine rings is 1. The number of nitrogens with one attached hydrogen (secondary N) is 2. The second kappa shape index (κ2) is 14.0. The quantitative estimate of drug-likeness (QED) is 0.357. The average molecular weight is 565 g/mol. The first-order valence-corrected chi connectivity index (χ1v) is 13.7. The molecule has 206 valence electrons. The molecule has 0 radical (unpaired) electrons. The normalized spacial score (nSPS) is 17.7. The number of ether oxygens (including phenoxy) is 2. The molecule has 2 aromatic rings. The maximum absolute atomic E-state index is 12.5. The average Bonchev–Trinajstić information content (AvgIpc) is 2.93. The Kier molecular flexibility index (Phi) is 10.5. The molecule has 2 amide bonds. The molecule has 3 N–H and O–H groups in total. The van der Waals surface area contributed by atoms with Crippen LogP contribution in [0.5, 0.6) is 5.75 Å². The zero-order valence-corrected chi connectivity index (χ0v) is 22.8. The van der Waals surface area contributed by atoms with E-state index in [4.69, 9.17) is 37.8 Å². The molecule has 38 heavy (non-hydrogen) atoms. The first-order chi connectivity index (χ1) is 18.5. The van der Waals surface area contributed by atoms with Gasteiger partial charge in [0.05, 0.1) is 28.9 Å². The monoisotopic (exact) mass is 564 g/mol. The van der Waals surface area contributed by atoms with Crippen molar-refractivity contribution in [2.75, 3.05) is 57.6 Å². The number of benzene rings is 2. The first kappa shape index (κ1) is 28.4. The molecule has 11 heteroatoms. The molecule has 1 fully saturated rings. The third-order valence-electron chi connectivity index (χ3n) is 6.77. The van der Waals surface area contributed by atoms with Crippen molar-refractivity contribution in [1.29, 1.82) is 0 Å². The van der Waals surface area contributed by atoms with Crippen LogP contribution in [-0.2, 0) is 16.0 Å². The van der Waals surface area contributed by atoms with Crippen molar-refractivity contribution in [2.24, 2.45) is 0 Å². The highest BCUT2D eigenvalue weighted by Crippen LogP contribution is 2.34. The number of aliphatic hydroxyl groups excluding tert-OH is 1. The van der Waals surface area contributed by atoms with Crippen LogP contribution < -0.4 is 20.3 Å². The zero-order chi connectivity index (χ0) is 26.9. The standard InChI is InChI=1S/C27H34Cl2N4O5/c28-22-5-3-4-21(26(22)29)24-17-30-10-13-32(24)12-1-2-15-37-20-8-6-19-7-9-25(35)33(23(19)16-20)18-38-27(36)31-11-14-34/h3-6,8,16,24,30,34H,1-2,7,9-15,17-18H2,(H,31,36). The maximum Gasteiger partial charge on any atom is 0.408 e. The van der Waals surface area contributed by atoms with E-state index in [0.717, 1.165) is 50.1 Å². The van der Waals surface area contributed by atoms with Gasteiger partial charge in [-0.3, -0.25) is 14.6 Å². The number of amides is 2. The van der Waals surface area contributed by atoms with Crippen LogP contribution in [0.4, 0.5) is 10.5 Å². The Morgan fingerprint density at radius 3 is 2.89 bits per heavy atom. The van der Waals surface area contributed by atoms with E-state index >= 15 is 0 Å². The topological polar surface area (TPSA) is 103 Å². The molecule has 2 aromatic carbocycles. The van der Waals surface area contributed by atoms with E-state index < -0.39 is 6.09 Å². The van der Waals surface area contributed by atoms with Gasteiger partial charge in [-0.25, -0.2) is 4.79 Å². The van der Waals surface area contributed by atoms with Gasteiger partial charge in [-0.05, 0) is 49.1 Å². The Morgan fingerprint density at radius 1 is 1.18 bits per heavy atom. The summed E-state index contributed by atoms with van der Waals surface area (Å²) in [7, 11) is 0. The van der Waals surface area contributed by atoms with Crippen molar-refractivity contribution >= 4 is 40.9 Å². The molecule has 4 rings (SSSR count). The van der Waals surface area contributed by atoms with Crippen LogP contribution >= 0.6 is 23.2 Å². The van der Waals surface area contributed by atoms with Gasteiger partial charge in [0.15, 0.2) is 6.73 Å². The highest BCUT2D eigenvalue weighted by Gasteiger charge is 2.27. The number of rotatable bonds is 11. The minimum Gasteiger partial charge on any atom is -0.494 e. The predicted molar refractivity (Wildman–Crippen MR) is 147 cm³/mol. The van der Waals surface area contributed by atoms with Gasteiger partial charge >= 0.3 is 6.09 Å². The molecule has 9 nitrogen and oxygen atoms in total. The van der Waals surface area contributed by atoms with E-state index in [2.05, 4.69) is 15.5 Å². The molecular weight excluding hydrogens is 531 g/mol. The minimum absolute atomic E-state index is 0.0883. The lowest BCUT2D eigenvalue weighted by Crippen LogP contribution is -2.46. The fraction of sp³-hybridized carbons (Fsp3) is 0.481. The van der Waals surface area contributed by atoms with E-state index in [1.165, 1.54) is 4.90 Å². The number of halogens is 2. The van der Waals surface area contributed by atoms with Crippen molar-refractivity contribution in [2.45, 2.75) is 31.7 Å². The maximum atomic E-state index is 12.5. The number of hydrogen-bond acceptors (Lipinski definition) is 7. The van der Waals surface area contributed by atoms with Crippen molar-refractivity contribution in [3.8, 4) is 5.75 Å². The lowest BCUT2D eigenvalue weighted by Gasteiger charge is -2.37. The summed E-state index contributed by atoms with van der Waals surface area (Å²) in [6.07, 6.45) is 2.12. The van der Waals surface area contributed by atoms with Gasteiger partial charge in [0.2, 0.25) is 5.91 Å². The van der Waals surface area contributed by atoms with Gasteiger partial charge in [0.25, 0.3) is 0 Å². The highest BCUT2D eigenvalue weighted by molar-refractivity contribution is 6.42. The molecule has 1 saturated heterocycles. The summed E-state index contributed by atoms with van der Waals surface area (Å²) < 4.78 is 11.2.